The van der Waals surface area contributed by atoms with E-state index >= 15 is 0 Å². The van der Waals surface area contributed by atoms with Crippen LogP contribution in [0.3, 0.4) is 0 Å². The Balaban J connectivity index is 2.56. The highest BCUT2D eigenvalue weighted by atomic mass is 19.4. The van der Waals surface area contributed by atoms with Crippen molar-refractivity contribution in [3.05, 3.63) is 53.7 Å². The molecule has 2 aromatic rings. The van der Waals surface area contributed by atoms with Crippen LogP contribution in [0.2, 0.25) is 0 Å². The quantitative estimate of drug-likeness (QED) is 0.436. The van der Waals surface area contributed by atoms with E-state index in [0.29, 0.717) is 11.3 Å². The van der Waals surface area contributed by atoms with Crippen LogP contribution in [-0.2, 0) is 4.79 Å². The number of carbonyl (C=O) groups excluding carboxylic acids is 1. The molecular weight excluding hydrogens is 443 g/mol. The molecule has 0 saturated carbocycles. The number of nitrogens with zero attached hydrogens (tertiary/aromatic N) is 3. The number of rotatable bonds is 8. The molecule has 2 atom stereocenters. The van der Waals surface area contributed by atoms with E-state index < -0.39 is 42.2 Å². The second-order valence-electron chi connectivity index (χ2n) is 8.23. The molecule has 1 heterocycles. The first-order chi connectivity index (χ1) is 15.3. The number of nitrogens with two attached hydrogens (primary N) is 1. The Morgan fingerprint density at radius 1 is 1.12 bits per heavy atom. The third-order valence-electron chi connectivity index (χ3n) is 5.03. The molecule has 0 fully saturated rings. The molecule has 0 radical (unpaired) electrons. The van der Waals surface area contributed by atoms with Crippen LogP contribution in [0.5, 0.6) is 0 Å². The van der Waals surface area contributed by atoms with E-state index in [2.05, 4.69) is 4.98 Å². The summed E-state index contributed by atoms with van der Waals surface area (Å²) >= 11 is 0. The molecule has 0 saturated heterocycles. The van der Waals surface area contributed by atoms with Gasteiger partial charge in [-0.3, -0.25) is 9.78 Å². The summed E-state index contributed by atoms with van der Waals surface area (Å²) in [5.41, 5.74) is 7.19. The van der Waals surface area contributed by atoms with Gasteiger partial charge in [0.1, 0.15) is 12.6 Å². The van der Waals surface area contributed by atoms with Gasteiger partial charge >= 0.3 is 12.1 Å². The second-order valence-corrected chi connectivity index (χ2v) is 8.23. The van der Waals surface area contributed by atoms with Crippen LogP contribution in [0.25, 0.3) is 11.3 Å². The number of hydrogen-bond donors (Lipinski definition) is 1. The number of halogens is 5. The summed E-state index contributed by atoms with van der Waals surface area (Å²) in [7, 11) is 0. The van der Waals surface area contributed by atoms with Crippen LogP contribution in [-0.4, -0.2) is 40.5 Å². The molecule has 0 spiro atoms. The van der Waals surface area contributed by atoms with Gasteiger partial charge in [0.15, 0.2) is 0 Å². The largest absolute Gasteiger partial charge is 0.455 e. The number of aryl methyl sites for hydroxylation is 1. The van der Waals surface area contributed by atoms with E-state index in [-0.39, 0.29) is 17.2 Å². The van der Waals surface area contributed by atoms with Gasteiger partial charge < -0.3 is 10.6 Å². The monoisotopic (exact) mass is 468 g/mol. The van der Waals surface area contributed by atoms with Crippen LogP contribution >= 0.6 is 0 Å². The Morgan fingerprint density at radius 3 is 2.18 bits per heavy atom. The lowest BCUT2D eigenvalue weighted by Crippen LogP contribution is -2.55. The third kappa shape index (κ3) is 6.05. The van der Waals surface area contributed by atoms with Crippen LogP contribution in [0, 0.1) is 24.2 Å². The number of amides is 1. The number of hydrogen-bond acceptors (Lipinski definition) is 4. The summed E-state index contributed by atoms with van der Waals surface area (Å²) in [6, 6.07) is 5.72. The molecule has 0 aliphatic heterocycles. The van der Waals surface area contributed by atoms with Gasteiger partial charge in [-0.1, -0.05) is 44.2 Å². The standard InChI is InChI=1S/C23H25F5N4O/c1-14(2)12-18(30)21(33)32(11-10-29)20(22(24,25)23(26,27)28)17-7-5-16(6-8-17)19-9-4-15(3)13-31-19/h4-9,13-14,18,20H,11-12,30H2,1-3H3/t18-,20-/m0/s1. The lowest BCUT2D eigenvalue weighted by Gasteiger charge is -2.37. The highest BCUT2D eigenvalue weighted by Gasteiger charge is 2.65. The third-order valence-corrected chi connectivity index (χ3v) is 5.03. The van der Waals surface area contributed by atoms with Crippen molar-refractivity contribution in [3.63, 3.8) is 0 Å². The first-order valence-corrected chi connectivity index (χ1v) is 10.2. The normalized spacial score (nSPS) is 14.0. The minimum atomic E-state index is -5.97. The number of aromatic nitrogens is 1. The lowest BCUT2D eigenvalue weighted by atomic mass is 9.94. The van der Waals surface area contributed by atoms with Crippen LogP contribution in [0.1, 0.15) is 37.4 Å². The highest BCUT2D eigenvalue weighted by Crippen LogP contribution is 2.47. The molecule has 2 N–H and O–H groups in total. The van der Waals surface area contributed by atoms with Crippen molar-refractivity contribution in [1.82, 2.24) is 9.88 Å². The number of benzene rings is 1. The van der Waals surface area contributed by atoms with E-state index in [1.54, 1.807) is 32.2 Å². The molecule has 1 amide bonds. The minimum absolute atomic E-state index is 0.0586. The van der Waals surface area contributed by atoms with Crippen LogP contribution < -0.4 is 5.73 Å². The van der Waals surface area contributed by atoms with Gasteiger partial charge in [-0.05, 0) is 36.5 Å². The topological polar surface area (TPSA) is 83.0 Å². The SMILES string of the molecule is Cc1ccc(-c2ccc([C@H](N(CC#N)C(=O)[C@@H](N)CC(C)C)C(F)(F)C(F)(F)F)cc2)nc1. The molecule has 10 heteroatoms. The molecule has 0 unspecified atom stereocenters. The fourth-order valence-electron chi connectivity index (χ4n) is 3.41. The molecule has 5 nitrogen and oxygen atoms in total. The summed E-state index contributed by atoms with van der Waals surface area (Å²) in [6.45, 7) is 4.29. The van der Waals surface area contributed by atoms with Gasteiger partial charge in [0.05, 0.1) is 17.8 Å². The van der Waals surface area contributed by atoms with E-state index in [1.807, 2.05) is 6.92 Å². The van der Waals surface area contributed by atoms with E-state index in [9.17, 15) is 26.7 Å². The maximum atomic E-state index is 14.7. The van der Waals surface area contributed by atoms with E-state index in [4.69, 9.17) is 11.0 Å². The average Bonchev–Trinajstić information content (AvgIpc) is 2.72. The van der Waals surface area contributed by atoms with Gasteiger partial charge in [0.2, 0.25) is 5.91 Å². The minimum Gasteiger partial charge on any atom is -0.320 e. The first kappa shape index (κ1) is 26.2. The van der Waals surface area contributed by atoms with Crippen molar-refractivity contribution in [2.45, 2.75) is 51.4 Å². The summed E-state index contributed by atoms with van der Waals surface area (Å²) in [4.78, 5) is 17.2. The highest BCUT2D eigenvalue weighted by molar-refractivity contribution is 5.82. The Labute approximate surface area is 189 Å². The maximum Gasteiger partial charge on any atom is 0.455 e. The molecule has 2 rings (SSSR count). The fourth-order valence-corrected chi connectivity index (χ4v) is 3.41. The van der Waals surface area contributed by atoms with E-state index in [1.165, 1.54) is 18.2 Å². The molecular formula is C23H25F5N4O. The van der Waals surface area contributed by atoms with Gasteiger partial charge in [-0.2, -0.15) is 27.2 Å². The Morgan fingerprint density at radius 2 is 1.73 bits per heavy atom. The first-order valence-electron chi connectivity index (χ1n) is 10.2. The average molecular weight is 468 g/mol. The molecule has 0 aliphatic rings. The Bertz CT molecular complexity index is 982. The predicted octanol–water partition coefficient (Wildman–Crippen LogP) is 5.02. The zero-order valence-corrected chi connectivity index (χ0v) is 18.4. The van der Waals surface area contributed by atoms with Crippen LogP contribution in [0.4, 0.5) is 22.0 Å². The zero-order valence-electron chi connectivity index (χ0n) is 18.4. The smallest absolute Gasteiger partial charge is 0.320 e. The molecule has 33 heavy (non-hydrogen) atoms. The van der Waals surface area contributed by atoms with Crippen molar-refractivity contribution in [1.29, 1.82) is 5.26 Å². The van der Waals surface area contributed by atoms with Crippen LogP contribution in [0.15, 0.2) is 42.6 Å². The van der Waals surface area contributed by atoms with Crippen molar-refractivity contribution in [3.8, 4) is 17.3 Å². The summed E-state index contributed by atoms with van der Waals surface area (Å²) in [5.74, 6) is -6.60. The Kier molecular flexibility index (Phi) is 8.14. The van der Waals surface area contributed by atoms with Gasteiger partial charge in [-0.25, -0.2) is 0 Å². The fraction of sp³-hybridized carbons (Fsp3) is 0.435. The van der Waals surface area contributed by atoms with Crippen molar-refractivity contribution in [2.24, 2.45) is 11.7 Å². The van der Waals surface area contributed by atoms with Gasteiger partial charge in [0.25, 0.3) is 0 Å². The number of nitriles is 1. The summed E-state index contributed by atoms with van der Waals surface area (Å²) in [6.07, 6.45) is -4.32. The summed E-state index contributed by atoms with van der Waals surface area (Å²) in [5, 5.41) is 9.11. The molecule has 178 valence electrons. The lowest BCUT2D eigenvalue weighted by molar-refractivity contribution is -0.303. The number of pyridine rings is 1. The predicted molar refractivity (Wildman–Crippen MR) is 113 cm³/mol. The number of carbonyl (C=O) groups is 1. The zero-order chi connectivity index (χ0) is 25.0. The summed E-state index contributed by atoms with van der Waals surface area (Å²) < 4.78 is 69.7. The molecule has 0 bridgehead atoms. The van der Waals surface area contributed by atoms with Gasteiger partial charge in [-0.15, -0.1) is 0 Å². The van der Waals surface area contributed by atoms with Crippen molar-refractivity contribution < 1.29 is 26.7 Å². The molecule has 1 aromatic carbocycles. The molecule has 1 aromatic heterocycles. The van der Waals surface area contributed by atoms with Gasteiger partial charge in [0, 0.05) is 11.8 Å². The maximum absolute atomic E-state index is 14.7. The Hall–Kier alpha value is -3.06. The van der Waals surface area contributed by atoms with Crippen molar-refractivity contribution in [2.75, 3.05) is 6.54 Å². The molecule has 0 aliphatic carbocycles. The number of alkyl halides is 5. The van der Waals surface area contributed by atoms with Crippen molar-refractivity contribution >= 4 is 5.91 Å². The second kappa shape index (κ2) is 10.3. The van der Waals surface area contributed by atoms with E-state index in [0.717, 1.165) is 17.7 Å².